The first kappa shape index (κ1) is 14.1. The second-order valence-electron chi connectivity index (χ2n) is 5.65. The highest BCUT2D eigenvalue weighted by atomic mass is 16.5. The average molecular weight is 294 g/mol. The third-order valence-electron chi connectivity index (χ3n) is 4.08. The Morgan fingerprint density at radius 1 is 1.43 bits per heavy atom. The lowest BCUT2D eigenvalue weighted by Crippen LogP contribution is -2.40. The summed E-state index contributed by atoms with van der Waals surface area (Å²) in [5.41, 5.74) is 0.520. The molecule has 7 heteroatoms. The second kappa shape index (κ2) is 5.14. The number of hydrogen-bond acceptors (Lipinski definition) is 5. The molecule has 0 aromatic carbocycles. The molecule has 1 aromatic rings. The van der Waals surface area contributed by atoms with Gasteiger partial charge in [-0.05, 0) is 19.8 Å². The maximum atomic E-state index is 12.6. The molecule has 1 saturated heterocycles. The smallest absolute Gasteiger partial charge is 0.326 e. The Kier molecular flexibility index (Phi) is 3.44. The molecule has 21 heavy (non-hydrogen) atoms. The number of likely N-dealkylation sites (tertiary alicyclic amines) is 1. The number of aliphatic carboxylic acids is 1. The molecule has 1 saturated carbocycles. The summed E-state index contributed by atoms with van der Waals surface area (Å²) in [6.45, 7) is 1.97. The molecule has 2 atom stereocenters. The van der Waals surface area contributed by atoms with Crippen molar-refractivity contribution >= 4 is 11.9 Å². The monoisotopic (exact) mass is 294 g/mol. The van der Waals surface area contributed by atoms with Crippen LogP contribution >= 0.6 is 0 Å². The third-order valence-corrected chi connectivity index (χ3v) is 4.08. The Morgan fingerprint density at radius 3 is 2.71 bits per heavy atom. The summed E-state index contributed by atoms with van der Waals surface area (Å²) in [4.78, 5) is 29.5. The van der Waals surface area contributed by atoms with Crippen LogP contribution in [0.1, 0.15) is 47.3 Å². The van der Waals surface area contributed by atoms with Crippen LogP contribution in [0.2, 0.25) is 0 Å². The van der Waals surface area contributed by atoms with E-state index in [2.05, 4.69) is 4.98 Å². The van der Waals surface area contributed by atoms with Gasteiger partial charge in [-0.3, -0.25) is 4.79 Å². The van der Waals surface area contributed by atoms with E-state index in [-0.39, 0.29) is 18.4 Å². The van der Waals surface area contributed by atoms with Crippen molar-refractivity contribution in [2.24, 2.45) is 0 Å². The van der Waals surface area contributed by atoms with Crippen LogP contribution in [0.5, 0.6) is 0 Å². The largest absolute Gasteiger partial charge is 0.480 e. The first-order chi connectivity index (χ1) is 10.0. The van der Waals surface area contributed by atoms with Crippen LogP contribution in [0.4, 0.5) is 0 Å². The number of carbonyl (C=O) groups excluding carboxylic acids is 1. The van der Waals surface area contributed by atoms with Crippen molar-refractivity contribution in [1.29, 1.82) is 0 Å². The minimum absolute atomic E-state index is 0.153. The molecule has 7 nitrogen and oxygen atoms in total. The van der Waals surface area contributed by atoms with Crippen molar-refractivity contribution in [2.75, 3.05) is 13.7 Å². The lowest BCUT2D eigenvalue weighted by atomic mass is 10.2. The van der Waals surface area contributed by atoms with Crippen LogP contribution in [0, 0.1) is 6.92 Å². The average Bonchev–Trinajstić information content (AvgIpc) is 3.09. The number of rotatable bonds is 4. The molecule has 114 valence electrons. The van der Waals surface area contributed by atoms with Gasteiger partial charge in [-0.1, -0.05) is 0 Å². The molecule has 0 radical (unpaired) electrons. The fraction of sp³-hybridized carbons (Fsp3) is 0.643. The number of hydrogen-bond donors (Lipinski definition) is 1. The van der Waals surface area contributed by atoms with Crippen molar-refractivity contribution in [1.82, 2.24) is 9.88 Å². The molecule has 0 bridgehead atoms. The highest BCUT2D eigenvalue weighted by Gasteiger charge is 2.42. The van der Waals surface area contributed by atoms with E-state index in [0.29, 0.717) is 23.9 Å². The third kappa shape index (κ3) is 2.53. The zero-order valence-electron chi connectivity index (χ0n) is 12.0. The minimum Gasteiger partial charge on any atom is -0.480 e. The van der Waals surface area contributed by atoms with Gasteiger partial charge in [0.15, 0.2) is 5.89 Å². The number of oxazole rings is 1. The Labute approximate surface area is 121 Å². The fourth-order valence-corrected chi connectivity index (χ4v) is 2.68. The van der Waals surface area contributed by atoms with E-state index in [1.165, 1.54) is 12.0 Å². The summed E-state index contributed by atoms with van der Waals surface area (Å²) in [6.07, 6.45) is 2.09. The normalized spacial score (nSPS) is 25.3. The molecule has 0 spiro atoms. The van der Waals surface area contributed by atoms with Gasteiger partial charge < -0.3 is 19.2 Å². The van der Waals surface area contributed by atoms with Crippen LogP contribution in [0.3, 0.4) is 0 Å². The summed E-state index contributed by atoms with van der Waals surface area (Å²) < 4.78 is 10.8. The number of amides is 1. The highest BCUT2D eigenvalue weighted by Crippen LogP contribution is 2.40. The Morgan fingerprint density at radius 2 is 2.14 bits per heavy atom. The quantitative estimate of drug-likeness (QED) is 0.896. The SMILES string of the molecule is COC1CC(C(=O)O)N(C(=O)c2oc(C3CC3)nc2C)C1. The maximum Gasteiger partial charge on any atom is 0.326 e. The second-order valence-corrected chi connectivity index (χ2v) is 5.65. The maximum absolute atomic E-state index is 12.6. The predicted molar refractivity (Wildman–Crippen MR) is 71.1 cm³/mol. The predicted octanol–water partition coefficient (Wildman–Crippen LogP) is 1.17. The zero-order chi connectivity index (χ0) is 15.1. The topological polar surface area (TPSA) is 92.9 Å². The molecule has 2 aliphatic rings. The number of aromatic nitrogens is 1. The van der Waals surface area contributed by atoms with Crippen molar-refractivity contribution in [3.05, 3.63) is 17.3 Å². The number of aryl methyl sites for hydroxylation is 1. The number of carboxylic acid groups (broad SMARTS) is 1. The van der Waals surface area contributed by atoms with Crippen molar-refractivity contribution in [2.45, 2.75) is 44.2 Å². The number of carboxylic acids is 1. The van der Waals surface area contributed by atoms with Gasteiger partial charge in [0, 0.05) is 26.0 Å². The lowest BCUT2D eigenvalue weighted by molar-refractivity contribution is -0.141. The van der Waals surface area contributed by atoms with Crippen LogP contribution in [0.15, 0.2) is 4.42 Å². The van der Waals surface area contributed by atoms with Gasteiger partial charge in [0.1, 0.15) is 6.04 Å². The molecule has 2 fully saturated rings. The molecule has 3 rings (SSSR count). The number of ether oxygens (including phenoxy) is 1. The van der Waals surface area contributed by atoms with E-state index in [1.54, 1.807) is 6.92 Å². The number of nitrogens with zero attached hydrogens (tertiary/aromatic N) is 2. The molecular formula is C14H18N2O5. The van der Waals surface area contributed by atoms with Crippen molar-refractivity contribution in [3.8, 4) is 0 Å². The van der Waals surface area contributed by atoms with Gasteiger partial charge in [0.05, 0.1) is 11.8 Å². The molecule has 1 aromatic heterocycles. The van der Waals surface area contributed by atoms with Gasteiger partial charge in [-0.15, -0.1) is 0 Å². The molecule has 1 amide bonds. The van der Waals surface area contributed by atoms with Crippen molar-refractivity contribution in [3.63, 3.8) is 0 Å². The van der Waals surface area contributed by atoms with E-state index in [0.717, 1.165) is 12.8 Å². The molecule has 1 aliphatic carbocycles. The van der Waals surface area contributed by atoms with E-state index < -0.39 is 17.9 Å². The van der Waals surface area contributed by atoms with E-state index in [9.17, 15) is 14.7 Å². The first-order valence-electron chi connectivity index (χ1n) is 7.05. The standard InChI is InChI=1S/C14H18N2O5/c1-7-11(21-12(15-7)8-3-4-8)13(17)16-6-9(20-2)5-10(16)14(18)19/h8-10H,3-6H2,1-2H3,(H,18,19). The number of methoxy groups -OCH3 is 1. The van der Waals surface area contributed by atoms with Gasteiger partial charge in [0.2, 0.25) is 5.76 Å². The van der Waals surface area contributed by atoms with Crippen LogP contribution in [0.25, 0.3) is 0 Å². The van der Waals surface area contributed by atoms with Crippen LogP contribution in [-0.4, -0.2) is 52.7 Å². The number of carbonyl (C=O) groups is 2. The van der Waals surface area contributed by atoms with Crippen LogP contribution < -0.4 is 0 Å². The summed E-state index contributed by atoms with van der Waals surface area (Å²) in [7, 11) is 1.52. The summed E-state index contributed by atoms with van der Waals surface area (Å²) in [5.74, 6) is -0.391. The Balaban J connectivity index is 1.84. The van der Waals surface area contributed by atoms with Gasteiger partial charge >= 0.3 is 5.97 Å². The molecular weight excluding hydrogens is 276 g/mol. The van der Waals surface area contributed by atoms with E-state index >= 15 is 0 Å². The molecule has 2 heterocycles. The van der Waals surface area contributed by atoms with Gasteiger partial charge in [-0.2, -0.15) is 0 Å². The Bertz CT molecular complexity index is 578. The van der Waals surface area contributed by atoms with E-state index in [4.69, 9.17) is 9.15 Å². The van der Waals surface area contributed by atoms with Crippen LogP contribution in [-0.2, 0) is 9.53 Å². The van der Waals surface area contributed by atoms with Gasteiger partial charge in [0.25, 0.3) is 5.91 Å². The zero-order valence-corrected chi connectivity index (χ0v) is 12.0. The van der Waals surface area contributed by atoms with E-state index in [1.807, 2.05) is 0 Å². The minimum atomic E-state index is -1.03. The highest BCUT2D eigenvalue weighted by molar-refractivity contribution is 5.95. The molecule has 1 N–H and O–H groups in total. The Hall–Kier alpha value is -1.89. The summed E-state index contributed by atoms with van der Waals surface area (Å²) >= 11 is 0. The molecule has 2 unspecified atom stereocenters. The fourth-order valence-electron chi connectivity index (χ4n) is 2.68. The molecule has 1 aliphatic heterocycles. The lowest BCUT2D eigenvalue weighted by Gasteiger charge is -2.19. The van der Waals surface area contributed by atoms with Crippen molar-refractivity contribution < 1.29 is 23.8 Å². The summed E-state index contributed by atoms with van der Waals surface area (Å²) in [6, 6.07) is -0.878. The first-order valence-corrected chi connectivity index (χ1v) is 7.05. The van der Waals surface area contributed by atoms with Gasteiger partial charge in [-0.25, -0.2) is 9.78 Å². The summed E-state index contributed by atoms with van der Waals surface area (Å²) in [5, 5.41) is 9.27.